The summed E-state index contributed by atoms with van der Waals surface area (Å²) in [4.78, 5) is 0. The third-order valence-electron chi connectivity index (χ3n) is 3.56. The Morgan fingerprint density at radius 1 is 1.29 bits per heavy atom. The van der Waals surface area contributed by atoms with Crippen LogP contribution in [0.4, 0.5) is 0 Å². The number of aryl methyl sites for hydroxylation is 2. The molecule has 0 bridgehead atoms. The predicted molar refractivity (Wildman–Crippen MR) is 77.6 cm³/mol. The fourth-order valence-corrected chi connectivity index (χ4v) is 2.33. The monoisotopic (exact) mass is 286 g/mol. The van der Waals surface area contributed by atoms with Crippen LogP contribution in [0.5, 0.6) is 11.5 Å². The van der Waals surface area contributed by atoms with Gasteiger partial charge in [0, 0.05) is 11.1 Å². The minimum absolute atomic E-state index is 0.355. The zero-order valence-corrected chi connectivity index (χ0v) is 12.6. The first-order valence-electron chi connectivity index (χ1n) is 6.64. The SMILES string of the molecule is COc1ccc(OC)c(C(C#N)Cc2c(C)noc2C)c1. The van der Waals surface area contributed by atoms with Gasteiger partial charge in [0.05, 0.1) is 31.9 Å². The molecule has 0 saturated heterocycles. The van der Waals surface area contributed by atoms with E-state index < -0.39 is 0 Å². The molecular weight excluding hydrogens is 268 g/mol. The van der Waals surface area contributed by atoms with Crippen molar-refractivity contribution in [3.05, 3.63) is 40.8 Å². The van der Waals surface area contributed by atoms with E-state index in [2.05, 4.69) is 11.2 Å². The van der Waals surface area contributed by atoms with Gasteiger partial charge in [-0.15, -0.1) is 0 Å². The summed E-state index contributed by atoms with van der Waals surface area (Å²) in [6.45, 7) is 3.73. The molecule has 0 aliphatic heterocycles. The molecule has 1 unspecified atom stereocenters. The number of nitrogens with zero attached hydrogens (tertiary/aromatic N) is 2. The lowest BCUT2D eigenvalue weighted by Crippen LogP contribution is -2.05. The largest absolute Gasteiger partial charge is 0.497 e. The molecule has 0 radical (unpaired) electrons. The highest BCUT2D eigenvalue weighted by atomic mass is 16.5. The summed E-state index contributed by atoms with van der Waals surface area (Å²) in [6.07, 6.45) is 0.529. The Labute approximate surface area is 124 Å². The predicted octanol–water partition coefficient (Wildman–Crippen LogP) is 3.16. The summed E-state index contributed by atoms with van der Waals surface area (Å²) in [5.74, 6) is 1.76. The zero-order valence-electron chi connectivity index (χ0n) is 12.6. The van der Waals surface area contributed by atoms with Crippen molar-refractivity contribution in [1.82, 2.24) is 5.16 Å². The Hall–Kier alpha value is -2.48. The van der Waals surface area contributed by atoms with E-state index in [-0.39, 0.29) is 5.92 Å². The highest BCUT2D eigenvalue weighted by Crippen LogP contribution is 2.33. The molecule has 0 aliphatic carbocycles. The molecule has 1 atom stereocenters. The summed E-state index contributed by atoms with van der Waals surface area (Å²) in [5.41, 5.74) is 2.58. The number of rotatable bonds is 5. The Balaban J connectivity index is 2.40. The first kappa shape index (κ1) is 14.9. The summed E-state index contributed by atoms with van der Waals surface area (Å²) < 4.78 is 15.8. The van der Waals surface area contributed by atoms with E-state index in [1.807, 2.05) is 32.0 Å². The van der Waals surface area contributed by atoms with Crippen molar-refractivity contribution < 1.29 is 14.0 Å². The molecule has 0 spiro atoms. The highest BCUT2D eigenvalue weighted by molar-refractivity contribution is 5.45. The minimum atomic E-state index is -0.355. The van der Waals surface area contributed by atoms with Crippen molar-refractivity contribution in [2.45, 2.75) is 26.2 Å². The van der Waals surface area contributed by atoms with Crippen molar-refractivity contribution >= 4 is 0 Å². The van der Waals surface area contributed by atoms with Crippen LogP contribution in [0.3, 0.4) is 0 Å². The van der Waals surface area contributed by atoms with Crippen molar-refractivity contribution in [1.29, 1.82) is 5.26 Å². The number of benzene rings is 1. The molecule has 0 N–H and O–H groups in total. The van der Waals surface area contributed by atoms with E-state index in [4.69, 9.17) is 14.0 Å². The van der Waals surface area contributed by atoms with E-state index in [0.717, 1.165) is 22.6 Å². The lowest BCUT2D eigenvalue weighted by molar-refractivity contribution is 0.391. The van der Waals surface area contributed by atoms with Gasteiger partial charge in [0.1, 0.15) is 17.3 Å². The maximum Gasteiger partial charge on any atom is 0.137 e. The molecule has 2 rings (SSSR count). The summed E-state index contributed by atoms with van der Waals surface area (Å²) in [5, 5.41) is 13.5. The van der Waals surface area contributed by atoms with Gasteiger partial charge in [-0.25, -0.2) is 0 Å². The van der Waals surface area contributed by atoms with Gasteiger partial charge in [-0.3, -0.25) is 0 Å². The van der Waals surface area contributed by atoms with E-state index in [9.17, 15) is 5.26 Å². The molecule has 21 heavy (non-hydrogen) atoms. The number of methoxy groups -OCH3 is 2. The quantitative estimate of drug-likeness (QED) is 0.844. The molecule has 0 amide bonds. The second-order valence-corrected chi connectivity index (χ2v) is 4.80. The second kappa shape index (κ2) is 6.31. The third-order valence-corrected chi connectivity index (χ3v) is 3.56. The van der Waals surface area contributed by atoms with Crippen LogP contribution in [0, 0.1) is 25.2 Å². The normalized spacial score (nSPS) is 11.8. The Kier molecular flexibility index (Phi) is 4.49. The maximum atomic E-state index is 9.55. The van der Waals surface area contributed by atoms with Gasteiger partial charge in [-0.05, 0) is 38.5 Å². The van der Waals surface area contributed by atoms with Gasteiger partial charge < -0.3 is 14.0 Å². The molecule has 2 aromatic rings. The molecule has 1 heterocycles. The summed E-state index contributed by atoms with van der Waals surface area (Å²) in [7, 11) is 3.19. The standard InChI is InChI=1S/C16H18N2O3/c1-10-14(11(2)21-18-10)7-12(9-17)15-8-13(19-3)5-6-16(15)20-4/h5-6,8,12H,7H2,1-4H3. The van der Waals surface area contributed by atoms with E-state index >= 15 is 0 Å². The molecule has 5 heteroatoms. The van der Waals surface area contributed by atoms with Crippen LogP contribution >= 0.6 is 0 Å². The fourth-order valence-electron chi connectivity index (χ4n) is 2.33. The van der Waals surface area contributed by atoms with Crippen LogP contribution < -0.4 is 9.47 Å². The smallest absolute Gasteiger partial charge is 0.137 e. The molecule has 0 saturated carbocycles. The molecule has 0 aliphatic rings. The molecule has 5 nitrogen and oxygen atoms in total. The molecule has 0 fully saturated rings. The second-order valence-electron chi connectivity index (χ2n) is 4.80. The summed E-state index contributed by atoms with van der Waals surface area (Å²) >= 11 is 0. The van der Waals surface area contributed by atoms with Crippen LogP contribution in [0.2, 0.25) is 0 Å². The fraction of sp³-hybridized carbons (Fsp3) is 0.375. The molecule has 1 aromatic carbocycles. The first-order chi connectivity index (χ1) is 10.1. The number of nitriles is 1. The van der Waals surface area contributed by atoms with Crippen LogP contribution in [-0.2, 0) is 6.42 Å². The van der Waals surface area contributed by atoms with E-state index in [1.54, 1.807) is 14.2 Å². The Morgan fingerprint density at radius 2 is 2.05 bits per heavy atom. The minimum Gasteiger partial charge on any atom is -0.497 e. The van der Waals surface area contributed by atoms with Gasteiger partial charge in [-0.2, -0.15) is 5.26 Å². The lowest BCUT2D eigenvalue weighted by atomic mass is 9.91. The lowest BCUT2D eigenvalue weighted by Gasteiger charge is -2.15. The molecular formula is C16H18N2O3. The maximum absolute atomic E-state index is 9.55. The van der Waals surface area contributed by atoms with Crippen molar-refractivity contribution in [3.63, 3.8) is 0 Å². The van der Waals surface area contributed by atoms with Gasteiger partial charge in [0.25, 0.3) is 0 Å². The van der Waals surface area contributed by atoms with Gasteiger partial charge in [-0.1, -0.05) is 5.16 Å². The van der Waals surface area contributed by atoms with Crippen molar-refractivity contribution in [2.24, 2.45) is 0 Å². The molecule has 1 aromatic heterocycles. The molecule has 110 valence electrons. The van der Waals surface area contributed by atoms with Crippen LogP contribution in [-0.4, -0.2) is 19.4 Å². The average molecular weight is 286 g/mol. The first-order valence-corrected chi connectivity index (χ1v) is 6.64. The van der Waals surface area contributed by atoms with Crippen LogP contribution in [0.1, 0.15) is 28.5 Å². The van der Waals surface area contributed by atoms with Crippen LogP contribution in [0.15, 0.2) is 22.7 Å². The summed E-state index contributed by atoms with van der Waals surface area (Å²) in [6, 6.07) is 7.79. The zero-order chi connectivity index (χ0) is 15.4. The van der Waals surface area contributed by atoms with E-state index in [0.29, 0.717) is 17.9 Å². The van der Waals surface area contributed by atoms with Crippen molar-refractivity contribution in [2.75, 3.05) is 14.2 Å². The van der Waals surface area contributed by atoms with Gasteiger partial charge in [0.2, 0.25) is 0 Å². The third kappa shape index (κ3) is 3.00. The Bertz CT molecular complexity index is 651. The van der Waals surface area contributed by atoms with Gasteiger partial charge >= 0.3 is 0 Å². The Morgan fingerprint density at radius 3 is 2.57 bits per heavy atom. The van der Waals surface area contributed by atoms with Crippen LogP contribution in [0.25, 0.3) is 0 Å². The highest BCUT2D eigenvalue weighted by Gasteiger charge is 2.21. The number of hydrogen-bond acceptors (Lipinski definition) is 5. The van der Waals surface area contributed by atoms with E-state index in [1.165, 1.54) is 0 Å². The number of aromatic nitrogens is 1. The average Bonchev–Trinajstić information content (AvgIpc) is 2.83. The van der Waals surface area contributed by atoms with Crippen molar-refractivity contribution in [3.8, 4) is 17.6 Å². The number of hydrogen-bond donors (Lipinski definition) is 0. The topological polar surface area (TPSA) is 68.3 Å². The number of ether oxygens (including phenoxy) is 2. The van der Waals surface area contributed by atoms with Gasteiger partial charge in [0.15, 0.2) is 0 Å².